The highest BCUT2D eigenvalue weighted by Gasteiger charge is 2.28. The van der Waals surface area contributed by atoms with E-state index in [4.69, 9.17) is 0 Å². The minimum absolute atomic E-state index is 0.118. The van der Waals surface area contributed by atoms with Crippen LogP contribution in [-0.4, -0.2) is 37.6 Å². The van der Waals surface area contributed by atoms with E-state index < -0.39 is 15.9 Å². The highest BCUT2D eigenvalue weighted by atomic mass is 32.2. The molecule has 8 heteroatoms. The van der Waals surface area contributed by atoms with Gasteiger partial charge in [0.2, 0.25) is 15.9 Å². The van der Waals surface area contributed by atoms with Crippen molar-refractivity contribution in [3.05, 3.63) is 77.9 Å². The summed E-state index contributed by atoms with van der Waals surface area (Å²) in [5.41, 5.74) is 5.94. The van der Waals surface area contributed by atoms with E-state index in [1.54, 1.807) is 0 Å². The van der Waals surface area contributed by atoms with Crippen LogP contribution in [0.1, 0.15) is 35.7 Å². The molecule has 7 nitrogen and oxygen atoms in total. The molecule has 4 rings (SSSR count). The van der Waals surface area contributed by atoms with E-state index in [0.29, 0.717) is 19.0 Å². The van der Waals surface area contributed by atoms with Gasteiger partial charge in [0.05, 0.1) is 11.3 Å². The number of fused-ring (bicyclic) bond motifs is 1. The molecular formula is C25H27N3O4S. The molecule has 0 spiro atoms. The largest absolute Gasteiger partial charge is 0.273 e. The molecule has 0 aliphatic carbocycles. The van der Waals surface area contributed by atoms with Crippen molar-refractivity contribution in [3.63, 3.8) is 0 Å². The van der Waals surface area contributed by atoms with Gasteiger partial charge >= 0.3 is 0 Å². The number of carbonyl (C=O) groups is 2. The maximum Gasteiger partial charge on any atom is 0.269 e. The number of hydrogen-bond donors (Lipinski definition) is 2. The monoisotopic (exact) mass is 465 g/mol. The van der Waals surface area contributed by atoms with Gasteiger partial charge in [0.25, 0.3) is 5.91 Å². The fourth-order valence-electron chi connectivity index (χ4n) is 4.02. The van der Waals surface area contributed by atoms with Crippen molar-refractivity contribution in [1.29, 1.82) is 0 Å². The topological polar surface area (TPSA) is 95.6 Å². The zero-order valence-electron chi connectivity index (χ0n) is 18.5. The van der Waals surface area contributed by atoms with E-state index >= 15 is 0 Å². The SMILES string of the molecule is CC1CCN(S(=O)(=O)c2ccc(C(=O)NNC(=O)Cc3cccc4ccccc34)cc2)CC1. The van der Waals surface area contributed by atoms with Crippen LogP contribution < -0.4 is 10.9 Å². The summed E-state index contributed by atoms with van der Waals surface area (Å²) in [6, 6.07) is 19.3. The molecule has 3 aromatic rings. The van der Waals surface area contributed by atoms with Gasteiger partial charge in [-0.05, 0) is 59.4 Å². The Morgan fingerprint density at radius 2 is 1.58 bits per heavy atom. The van der Waals surface area contributed by atoms with Crippen molar-refractivity contribution >= 4 is 32.6 Å². The van der Waals surface area contributed by atoms with E-state index in [9.17, 15) is 18.0 Å². The van der Waals surface area contributed by atoms with E-state index in [0.717, 1.165) is 29.2 Å². The Labute approximate surface area is 193 Å². The molecule has 1 fully saturated rings. The minimum atomic E-state index is -3.57. The third-order valence-electron chi connectivity index (χ3n) is 6.04. The Morgan fingerprint density at radius 3 is 2.30 bits per heavy atom. The number of amides is 2. The molecule has 0 unspecified atom stereocenters. The molecule has 1 aliphatic rings. The summed E-state index contributed by atoms with van der Waals surface area (Å²) in [7, 11) is -3.57. The quantitative estimate of drug-likeness (QED) is 0.566. The van der Waals surface area contributed by atoms with Crippen molar-refractivity contribution in [3.8, 4) is 0 Å². The smallest absolute Gasteiger partial charge is 0.269 e. The summed E-state index contributed by atoms with van der Waals surface area (Å²) >= 11 is 0. The summed E-state index contributed by atoms with van der Waals surface area (Å²) in [6.07, 6.45) is 1.81. The Morgan fingerprint density at radius 1 is 0.909 bits per heavy atom. The van der Waals surface area contributed by atoms with Gasteiger partial charge in [-0.15, -0.1) is 0 Å². The number of piperidine rings is 1. The van der Waals surface area contributed by atoms with Crippen LogP contribution in [0, 0.1) is 5.92 Å². The fourth-order valence-corrected chi connectivity index (χ4v) is 5.48. The van der Waals surface area contributed by atoms with Crippen LogP contribution in [0.2, 0.25) is 0 Å². The van der Waals surface area contributed by atoms with E-state index in [1.165, 1.54) is 28.6 Å². The van der Waals surface area contributed by atoms with Gasteiger partial charge in [0, 0.05) is 18.7 Å². The molecule has 1 saturated heterocycles. The predicted octanol–water partition coefficient (Wildman–Crippen LogP) is 3.26. The highest BCUT2D eigenvalue weighted by molar-refractivity contribution is 7.89. The van der Waals surface area contributed by atoms with E-state index in [-0.39, 0.29) is 22.8 Å². The molecule has 0 atom stereocenters. The van der Waals surface area contributed by atoms with Crippen molar-refractivity contribution in [1.82, 2.24) is 15.2 Å². The van der Waals surface area contributed by atoms with E-state index in [2.05, 4.69) is 17.8 Å². The molecule has 2 amide bonds. The van der Waals surface area contributed by atoms with Gasteiger partial charge in [-0.1, -0.05) is 49.4 Å². The van der Waals surface area contributed by atoms with Crippen molar-refractivity contribution in [2.75, 3.05) is 13.1 Å². The number of sulfonamides is 1. The summed E-state index contributed by atoms with van der Waals surface area (Å²) < 4.78 is 27.1. The van der Waals surface area contributed by atoms with Crippen LogP contribution in [0.15, 0.2) is 71.6 Å². The molecule has 33 heavy (non-hydrogen) atoms. The number of hydrazine groups is 1. The van der Waals surface area contributed by atoms with Gasteiger partial charge in [-0.25, -0.2) is 8.42 Å². The molecule has 172 valence electrons. The molecule has 0 radical (unpaired) electrons. The third-order valence-corrected chi connectivity index (χ3v) is 7.96. The van der Waals surface area contributed by atoms with Gasteiger partial charge in [0.15, 0.2) is 0 Å². The molecule has 0 saturated carbocycles. The van der Waals surface area contributed by atoms with Crippen molar-refractivity contribution < 1.29 is 18.0 Å². The first kappa shape index (κ1) is 22.9. The molecule has 0 bridgehead atoms. The number of hydrogen-bond acceptors (Lipinski definition) is 4. The Kier molecular flexibility index (Phi) is 6.76. The first-order chi connectivity index (χ1) is 15.8. The standard InChI is InChI=1S/C25H27N3O4S/c1-18-13-15-28(16-14-18)33(31,32)22-11-9-20(10-12-22)25(30)27-26-24(29)17-21-7-4-6-19-5-2-3-8-23(19)21/h2-12,18H,13-17H2,1H3,(H,26,29)(H,27,30). The molecule has 1 aliphatic heterocycles. The maximum absolute atomic E-state index is 12.8. The fraction of sp³-hybridized carbons (Fsp3) is 0.280. The molecule has 3 aromatic carbocycles. The number of nitrogens with one attached hydrogen (secondary N) is 2. The minimum Gasteiger partial charge on any atom is -0.273 e. The zero-order chi connectivity index (χ0) is 23.4. The lowest BCUT2D eigenvalue weighted by atomic mass is 10.0. The second-order valence-corrected chi connectivity index (χ2v) is 10.4. The van der Waals surface area contributed by atoms with Gasteiger partial charge < -0.3 is 0 Å². The lowest BCUT2D eigenvalue weighted by Crippen LogP contribution is -2.42. The molecule has 1 heterocycles. The van der Waals surface area contributed by atoms with Gasteiger partial charge in [0.1, 0.15) is 0 Å². The number of carbonyl (C=O) groups excluding carboxylic acids is 2. The highest BCUT2D eigenvalue weighted by Crippen LogP contribution is 2.23. The van der Waals surface area contributed by atoms with Crippen LogP contribution in [0.4, 0.5) is 0 Å². The Balaban J connectivity index is 1.35. The van der Waals surface area contributed by atoms with Gasteiger partial charge in [-0.2, -0.15) is 4.31 Å². The second kappa shape index (κ2) is 9.72. The third kappa shape index (κ3) is 5.23. The van der Waals surface area contributed by atoms with E-state index in [1.807, 2.05) is 42.5 Å². The van der Waals surface area contributed by atoms with Crippen LogP contribution in [0.25, 0.3) is 10.8 Å². The second-order valence-electron chi connectivity index (χ2n) is 8.43. The predicted molar refractivity (Wildman–Crippen MR) is 127 cm³/mol. The average molecular weight is 466 g/mol. The normalized spacial score (nSPS) is 15.3. The van der Waals surface area contributed by atoms with Crippen molar-refractivity contribution in [2.24, 2.45) is 5.92 Å². The summed E-state index contributed by atoms with van der Waals surface area (Å²) in [5.74, 6) is -0.339. The Hall–Kier alpha value is -3.23. The van der Waals surface area contributed by atoms with Crippen LogP contribution in [0.5, 0.6) is 0 Å². The van der Waals surface area contributed by atoms with Crippen LogP contribution in [0.3, 0.4) is 0 Å². The number of benzene rings is 3. The summed E-state index contributed by atoms with van der Waals surface area (Å²) in [4.78, 5) is 25.0. The van der Waals surface area contributed by atoms with Gasteiger partial charge in [-0.3, -0.25) is 20.4 Å². The first-order valence-corrected chi connectivity index (χ1v) is 12.4. The number of nitrogens with zero attached hydrogens (tertiary/aromatic N) is 1. The summed E-state index contributed by atoms with van der Waals surface area (Å²) in [5, 5.41) is 2.03. The lowest BCUT2D eigenvalue weighted by Gasteiger charge is -2.29. The van der Waals surface area contributed by atoms with Crippen LogP contribution >= 0.6 is 0 Å². The zero-order valence-corrected chi connectivity index (χ0v) is 19.3. The number of rotatable bonds is 5. The maximum atomic E-state index is 12.8. The Bertz CT molecular complexity index is 1260. The average Bonchev–Trinajstić information content (AvgIpc) is 2.83. The first-order valence-electron chi connectivity index (χ1n) is 11.0. The molecule has 2 N–H and O–H groups in total. The summed E-state index contributed by atoms with van der Waals surface area (Å²) in [6.45, 7) is 3.14. The molecular weight excluding hydrogens is 438 g/mol. The van der Waals surface area contributed by atoms with Crippen LogP contribution in [-0.2, 0) is 21.2 Å². The lowest BCUT2D eigenvalue weighted by molar-refractivity contribution is -0.121. The molecule has 0 aromatic heterocycles. The van der Waals surface area contributed by atoms with Crippen molar-refractivity contribution in [2.45, 2.75) is 31.1 Å².